The van der Waals surface area contributed by atoms with Gasteiger partial charge in [0.25, 0.3) is 0 Å². The van der Waals surface area contributed by atoms with Crippen LogP contribution in [0.15, 0.2) is 18.2 Å². The number of fused-ring (bicyclic) bond motifs is 1. The van der Waals surface area contributed by atoms with Crippen LogP contribution >= 0.6 is 12.2 Å². The Bertz CT molecular complexity index is 600. The summed E-state index contributed by atoms with van der Waals surface area (Å²) in [5, 5.41) is 0. The maximum Gasteiger partial charge on any atom is 0.178 e. The number of imidazole rings is 1. The number of para-hydroxylation sites is 1. The molecule has 0 aliphatic carbocycles. The van der Waals surface area contributed by atoms with Crippen LogP contribution in [-0.2, 0) is 0 Å². The van der Waals surface area contributed by atoms with E-state index in [1.54, 1.807) is 0 Å². The molecule has 19 heavy (non-hydrogen) atoms. The third kappa shape index (κ3) is 2.68. The number of nitrogens with zero attached hydrogens (tertiary/aromatic N) is 1. The number of H-pyrrole nitrogens is 1. The summed E-state index contributed by atoms with van der Waals surface area (Å²) in [6, 6.07) is 6.60. The van der Waals surface area contributed by atoms with Gasteiger partial charge in [0.1, 0.15) is 11.3 Å². The summed E-state index contributed by atoms with van der Waals surface area (Å²) in [5.41, 5.74) is 2.17. The van der Waals surface area contributed by atoms with Crippen molar-refractivity contribution in [2.45, 2.75) is 46.1 Å². The summed E-state index contributed by atoms with van der Waals surface area (Å²) in [4.78, 5) is 3.31. The minimum absolute atomic E-state index is 0.461. The molecule has 2 aromatic rings. The predicted octanol–water partition coefficient (Wildman–Crippen LogP) is 4.85. The summed E-state index contributed by atoms with van der Waals surface area (Å²) < 4.78 is 8.71. The molecular weight excluding hydrogens is 256 g/mol. The normalized spacial score (nSPS) is 12.8. The lowest BCUT2D eigenvalue weighted by Crippen LogP contribution is -2.07. The van der Waals surface area contributed by atoms with Crippen molar-refractivity contribution in [2.75, 3.05) is 6.61 Å². The zero-order valence-electron chi connectivity index (χ0n) is 11.9. The van der Waals surface area contributed by atoms with E-state index in [4.69, 9.17) is 17.0 Å². The fourth-order valence-corrected chi connectivity index (χ4v) is 2.96. The molecule has 1 aromatic carbocycles. The molecule has 104 valence electrons. The van der Waals surface area contributed by atoms with Crippen molar-refractivity contribution in [3.63, 3.8) is 0 Å². The topological polar surface area (TPSA) is 29.9 Å². The highest BCUT2D eigenvalue weighted by Crippen LogP contribution is 2.29. The van der Waals surface area contributed by atoms with E-state index >= 15 is 0 Å². The number of hydrogen-bond acceptors (Lipinski definition) is 2. The molecule has 0 spiro atoms. The van der Waals surface area contributed by atoms with Crippen LogP contribution in [0.25, 0.3) is 11.0 Å². The van der Waals surface area contributed by atoms with Crippen molar-refractivity contribution in [2.24, 2.45) is 0 Å². The SMILES string of the molecule is CCCC(CC)n1c(=S)[nH]c2c(OCC)cccc21. The largest absolute Gasteiger partial charge is 0.492 e. The van der Waals surface area contributed by atoms with Gasteiger partial charge < -0.3 is 14.3 Å². The van der Waals surface area contributed by atoms with E-state index in [-0.39, 0.29) is 0 Å². The van der Waals surface area contributed by atoms with E-state index in [1.165, 1.54) is 0 Å². The lowest BCUT2D eigenvalue weighted by molar-refractivity contribution is 0.343. The number of rotatable bonds is 6. The molecule has 1 aromatic heterocycles. The first-order valence-corrected chi connectivity index (χ1v) is 7.49. The van der Waals surface area contributed by atoms with Crippen molar-refractivity contribution in [1.82, 2.24) is 9.55 Å². The second-order valence-corrected chi connectivity index (χ2v) is 5.12. The Balaban J connectivity index is 2.58. The van der Waals surface area contributed by atoms with E-state index in [9.17, 15) is 0 Å². The smallest absolute Gasteiger partial charge is 0.178 e. The molecule has 4 heteroatoms. The summed E-state index contributed by atoms with van der Waals surface area (Å²) >= 11 is 5.51. The number of aromatic amines is 1. The Kier molecular flexibility index (Phi) is 4.64. The van der Waals surface area contributed by atoms with Crippen molar-refractivity contribution in [3.05, 3.63) is 23.0 Å². The van der Waals surface area contributed by atoms with E-state index in [1.807, 2.05) is 19.1 Å². The van der Waals surface area contributed by atoms with E-state index in [0.717, 1.165) is 40.8 Å². The standard InChI is InChI=1S/C15H22N2OS/c1-4-8-11(5-2)17-12-9-7-10-13(18-6-3)14(12)16-15(17)19/h7,9-11H,4-6,8H2,1-3H3,(H,16,19). The monoisotopic (exact) mass is 278 g/mol. The summed E-state index contributed by atoms with van der Waals surface area (Å²) in [7, 11) is 0. The minimum Gasteiger partial charge on any atom is -0.492 e. The highest BCUT2D eigenvalue weighted by molar-refractivity contribution is 7.71. The molecule has 2 rings (SSSR count). The molecule has 0 saturated heterocycles. The van der Waals surface area contributed by atoms with Gasteiger partial charge >= 0.3 is 0 Å². The first-order valence-electron chi connectivity index (χ1n) is 7.08. The molecule has 3 nitrogen and oxygen atoms in total. The summed E-state index contributed by atoms with van der Waals surface area (Å²) in [6.07, 6.45) is 3.41. The Morgan fingerprint density at radius 2 is 2.11 bits per heavy atom. The zero-order chi connectivity index (χ0) is 13.8. The van der Waals surface area contributed by atoms with Crippen molar-refractivity contribution >= 4 is 23.3 Å². The van der Waals surface area contributed by atoms with Gasteiger partial charge in [0.2, 0.25) is 0 Å². The van der Waals surface area contributed by atoms with Crippen LogP contribution in [0.4, 0.5) is 0 Å². The van der Waals surface area contributed by atoms with Gasteiger partial charge in [0, 0.05) is 6.04 Å². The third-order valence-corrected chi connectivity index (χ3v) is 3.77. The quantitative estimate of drug-likeness (QED) is 0.766. The molecule has 0 radical (unpaired) electrons. The summed E-state index contributed by atoms with van der Waals surface area (Å²) in [5.74, 6) is 0.885. The molecule has 0 aliphatic heterocycles. The average Bonchev–Trinajstić information content (AvgIpc) is 2.74. The van der Waals surface area contributed by atoms with Crippen LogP contribution in [0, 0.1) is 4.77 Å². The zero-order valence-corrected chi connectivity index (χ0v) is 12.7. The van der Waals surface area contributed by atoms with Crippen LogP contribution in [-0.4, -0.2) is 16.2 Å². The van der Waals surface area contributed by atoms with Crippen LogP contribution < -0.4 is 4.74 Å². The highest BCUT2D eigenvalue weighted by Gasteiger charge is 2.15. The van der Waals surface area contributed by atoms with Crippen LogP contribution in [0.5, 0.6) is 5.75 Å². The second-order valence-electron chi connectivity index (χ2n) is 4.73. The molecule has 0 fully saturated rings. The van der Waals surface area contributed by atoms with E-state index < -0.39 is 0 Å². The second kappa shape index (κ2) is 6.24. The molecule has 0 saturated carbocycles. The molecule has 0 aliphatic rings. The number of nitrogens with one attached hydrogen (secondary N) is 1. The van der Waals surface area contributed by atoms with Gasteiger partial charge in [-0.2, -0.15) is 0 Å². The van der Waals surface area contributed by atoms with Gasteiger partial charge in [-0.3, -0.25) is 0 Å². The Morgan fingerprint density at radius 1 is 1.32 bits per heavy atom. The molecule has 1 N–H and O–H groups in total. The van der Waals surface area contributed by atoms with Gasteiger partial charge in [0.15, 0.2) is 4.77 Å². The summed E-state index contributed by atoms with van der Waals surface area (Å²) in [6.45, 7) is 7.09. The average molecular weight is 278 g/mol. The van der Waals surface area contributed by atoms with Crippen LogP contribution in [0.3, 0.4) is 0 Å². The fraction of sp³-hybridized carbons (Fsp3) is 0.533. The molecular formula is C15H22N2OS. The lowest BCUT2D eigenvalue weighted by atomic mass is 10.1. The maximum atomic E-state index is 5.67. The number of ether oxygens (including phenoxy) is 1. The van der Waals surface area contributed by atoms with Crippen molar-refractivity contribution in [1.29, 1.82) is 0 Å². The Morgan fingerprint density at radius 3 is 2.74 bits per heavy atom. The third-order valence-electron chi connectivity index (χ3n) is 3.47. The molecule has 1 unspecified atom stereocenters. The first kappa shape index (κ1) is 14.1. The number of aromatic nitrogens is 2. The van der Waals surface area contributed by atoms with E-state index in [0.29, 0.717) is 12.6 Å². The number of benzene rings is 1. The lowest BCUT2D eigenvalue weighted by Gasteiger charge is -2.17. The van der Waals surface area contributed by atoms with Crippen LogP contribution in [0.2, 0.25) is 0 Å². The maximum absolute atomic E-state index is 5.67. The van der Waals surface area contributed by atoms with E-state index in [2.05, 4.69) is 29.5 Å². The predicted molar refractivity (Wildman–Crippen MR) is 82.5 cm³/mol. The van der Waals surface area contributed by atoms with Crippen molar-refractivity contribution in [3.8, 4) is 5.75 Å². The van der Waals surface area contributed by atoms with Gasteiger partial charge in [-0.25, -0.2) is 0 Å². The molecule has 1 heterocycles. The number of hydrogen-bond donors (Lipinski definition) is 1. The van der Waals surface area contributed by atoms with Gasteiger partial charge in [-0.1, -0.05) is 26.3 Å². The molecule has 0 amide bonds. The molecule has 1 atom stereocenters. The van der Waals surface area contributed by atoms with Gasteiger partial charge in [-0.05, 0) is 44.1 Å². The van der Waals surface area contributed by atoms with Gasteiger partial charge in [0.05, 0.1) is 12.1 Å². The van der Waals surface area contributed by atoms with Crippen molar-refractivity contribution < 1.29 is 4.74 Å². The Labute approximate surface area is 119 Å². The van der Waals surface area contributed by atoms with Gasteiger partial charge in [-0.15, -0.1) is 0 Å². The Hall–Kier alpha value is -1.29. The fourth-order valence-electron chi connectivity index (χ4n) is 2.61. The molecule has 0 bridgehead atoms. The first-order chi connectivity index (χ1) is 9.22. The minimum atomic E-state index is 0.461. The van der Waals surface area contributed by atoms with Crippen LogP contribution in [0.1, 0.15) is 46.1 Å². The highest BCUT2D eigenvalue weighted by atomic mass is 32.1.